The lowest BCUT2D eigenvalue weighted by molar-refractivity contribution is -0.143. The van der Waals surface area contributed by atoms with Crippen LogP contribution in [0.1, 0.15) is 36.2 Å². The lowest BCUT2D eigenvalue weighted by Gasteiger charge is -2.18. The van der Waals surface area contributed by atoms with Crippen LogP contribution in [-0.2, 0) is 20.7 Å². The van der Waals surface area contributed by atoms with E-state index in [9.17, 15) is 14.4 Å². The van der Waals surface area contributed by atoms with Gasteiger partial charge >= 0.3 is 5.97 Å². The molecule has 0 aliphatic carbocycles. The molecule has 1 aliphatic rings. The lowest BCUT2D eigenvalue weighted by atomic mass is 9.97. The van der Waals surface area contributed by atoms with E-state index in [1.54, 1.807) is 25.1 Å². The monoisotopic (exact) mass is 261 g/mol. The first-order chi connectivity index (χ1) is 8.97. The Morgan fingerprint density at radius 1 is 1.32 bits per heavy atom. The molecule has 0 saturated heterocycles. The molecule has 5 nitrogen and oxygen atoms in total. The first-order valence-electron chi connectivity index (χ1n) is 6.11. The van der Waals surface area contributed by atoms with E-state index in [0.29, 0.717) is 18.4 Å². The average Bonchev–Trinajstić information content (AvgIpc) is 2.36. The molecular formula is C14H15NO4. The molecule has 0 bridgehead atoms. The number of rotatable bonds is 3. The molecule has 2 rings (SSSR count). The zero-order valence-corrected chi connectivity index (χ0v) is 10.9. The van der Waals surface area contributed by atoms with Gasteiger partial charge < -0.3 is 10.1 Å². The van der Waals surface area contributed by atoms with Crippen molar-refractivity contribution in [2.24, 2.45) is 0 Å². The van der Waals surface area contributed by atoms with Gasteiger partial charge in [0, 0.05) is 24.6 Å². The molecule has 0 radical (unpaired) electrons. The summed E-state index contributed by atoms with van der Waals surface area (Å²) in [4.78, 5) is 34.1. The Bertz CT molecular complexity index is 550. The highest BCUT2D eigenvalue weighted by Gasteiger charge is 2.21. The summed E-state index contributed by atoms with van der Waals surface area (Å²) in [7, 11) is 0. The van der Waals surface area contributed by atoms with Crippen molar-refractivity contribution in [2.45, 2.75) is 32.8 Å². The Morgan fingerprint density at radius 3 is 2.74 bits per heavy atom. The van der Waals surface area contributed by atoms with Crippen molar-refractivity contribution in [1.29, 1.82) is 0 Å². The number of aryl methyl sites for hydroxylation is 1. The smallest absolute Gasteiger partial charge is 0.303 e. The summed E-state index contributed by atoms with van der Waals surface area (Å²) in [5, 5.41) is 2.75. The number of nitrogens with one attached hydrogen (secondary N) is 1. The van der Waals surface area contributed by atoms with Crippen molar-refractivity contribution in [3.8, 4) is 0 Å². The lowest BCUT2D eigenvalue weighted by Crippen LogP contribution is -2.24. The fourth-order valence-electron chi connectivity index (χ4n) is 2.07. The minimum absolute atomic E-state index is 0.0140. The quantitative estimate of drug-likeness (QED) is 0.664. The van der Waals surface area contributed by atoms with Crippen LogP contribution in [-0.4, -0.2) is 23.8 Å². The van der Waals surface area contributed by atoms with Crippen molar-refractivity contribution in [1.82, 2.24) is 0 Å². The number of anilines is 1. The molecule has 100 valence electrons. The number of esters is 1. The van der Waals surface area contributed by atoms with Gasteiger partial charge in [-0.05, 0) is 37.1 Å². The van der Waals surface area contributed by atoms with Gasteiger partial charge in [-0.2, -0.15) is 0 Å². The topological polar surface area (TPSA) is 72.5 Å². The van der Waals surface area contributed by atoms with E-state index in [4.69, 9.17) is 4.74 Å². The second-order valence-electron chi connectivity index (χ2n) is 4.54. The second kappa shape index (κ2) is 5.22. The molecule has 1 N–H and O–H groups in total. The molecule has 5 heteroatoms. The minimum Gasteiger partial charge on any atom is -0.454 e. The Balaban J connectivity index is 2.20. The zero-order chi connectivity index (χ0) is 14.0. The van der Waals surface area contributed by atoms with Crippen molar-refractivity contribution in [2.75, 3.05) is 5.32 Å². The minimum atomic E-state index is -0.797. The van der Waals surface area contributed by atoms with Crippen molar-refractivity contribution >= 4 is 23.3 Å². The Labute approximate surface area is 110 Å². The van der Waals surface area contributed by atoms with Crippen LogP contribution in [0.15, 0.2) is 18.2 Å². The number of carbonyl (C=O) groups excluding carboxylic acids is 3. The maximum atomic E-state index is 12.1. The summed E-state index contributed by atoms with van der Waals surface area (Å²) in [5.74, 6) is -0.735. The van der Waals surface area contributed by atoms with Crippen molar-refractivity contribution < 1.29 is 19.1 Å². The standard InChI is InChI=1S/C14H15NO4/c1-8(19-9(2)16)14(18)11-3-5-12-10(7-11)4-6-13(17)15-12/h3,5,7-8H,4,6H2,1-2H3,(H,15,17). The first-order valence-corrected chi connectivity index (χ1v) is 6.11. The Morgan fingerprint density at radius 2 is 2.05 bits per heavy atom. The molecule has 1 aromatic carbocycles. The fraction of sp³-hybridized carbons (Fsp3) is 0.357. The van der Waals surface area contributed by atoms with Gasteiger partial charge in [0.25, 0.3) is 0 Å². The van der Waals surface area contributed by atoms with Crippen LogP contribution in [0.25, 0.3) is 0 Å². The van der Waals surface area contributed by atoms with Crippen LogP contribution in [0.2, 0.25) is 0 Å². The van der Waals surface area contributed by atoms with Gasteiger partial charge in [0.15, 0.2) is 6.10 Å². The zero-order valence-electron chi connectivity index (χ0n) is 10.9. The van der Waals surface area contributed by atoms with Crippen LogP contribution < -0.4 is 5.32 Å². The Hall–Kier alpha value is -2.17. The van der Waals surface area contributed by atoms with Crippen LogP contribution in [0.3, 0.4) is 0 Å². The number of amides is 1. The predicted octanol–water partition coefficient (Wildman–Crippen LogP) is 1.71. The number of benzene rings is 1. The van der Waals surface area contributed by atoms with Crippen molar-refractivity contribution in [3.63, 3.8) is 0 Å². The van der Waals surface area contributed by atoms with Gasteiger partial charge in [-0.3, -0.25) is 14.4 Å². The molecular weight excluding hydrogens is 246 g/mol. The number of fused-ring (bicyclic) bond motifs is 1. The molecule has 1 atom stereocenters. The van der Waals surface area contributed by atoms with Crippen LogP contribution in [0.4, 0.5) is 5.69 Å². The third kappa shape index (κ3) is 2.99. The predicted molar refractivity (Wildman–Crippen MR) is 69.0 cm³/mol. The van der Waals surface area contributed by atoms with E-state index in [2.05, 4.69) is 5.32 Å². The summed E-state index contributed by atoms with van der Waals surface area (Å²) >= 11 is 0. The highest BCUT2D eigenvalue weighted by atomic mass is 16.5. The third-order valence-corrected chi connectivity index (χ3v) is 3.00. The molecule has 1 aliphatic heterocycles. The van der Waals surface area contributed by atoms with E-state index in [0.717, 1.165) is 11.3 Å². The first kappa shape index (κ1) is 13.3. The summed E-state index contributed by atoms with van der Waals surface area (Å²) in [6.45, 7) is 2.82. The SMILES string of the molecule is CC(=O)OC(C)C(=O)c1ccc2c(c1)CCC(=O)N2. The highest BCUT2D eigenvalue weighted by molar-refractivity contribution is 6.01. The summed E-state index contributed by atoms with van der Waals surface area (Å²) in [6.07, 6.45) is 0.239. The third-order valence-electron chi connectivity index (χ3n) is 3.00. The number of Topliss-reactive ketones (excluding diaryl/α,β-unsaturated/α-hetero) is 1. The largest absolute Gasteiger partial charge is 0.454 e. The van der Waals surface area contributed by atoms with Crippen LogP contribution in [0, 0.1) is 0 Å². The molecule has 19 heavy (non-hydrogen) atoms. The molecule has 0 saturated carbocycles. The molecule has 0 fully saturated rings. The van der Waals surface area contributed by atoms with Gasteiger partial charge in [0.05, 0.1) is 0 Å². The summed E-state index contributed by atoms with van der Waals surface area (Å²) in [6, 6.07) is 5.09. The Kier molecular flexibility index (Phi) is 3.64. The summed E-state index contributed by atoms with van der Waals surface area (Å²) < 4.78 is 4.87. The van der Waals surface area contributed by atoms with Gasteiger partial charge in [0.1, 0.15) is 0 Å². The molecule has 1 aromatic rings. The molecule has 1 amide bonds. The molecule has 1 heterocycles. The number of ketones is 1. The molecule has 0 aromatic heterocycles. The average molecular weight is 261 g/mol. The van der Waals surface area contributed by atoms with E-state index in [1.165, 1.54) is 6.92 Å². The molecule has 0 spiro atoms. The van der Waals surface area contributed by atoms with Crippen LogP contribution >= 0.6 is 0 Å². The van der Waals surface area contributed by atoms with Gasteiger partial charge in [-0.1, -0.05) is 0 Å². The van der Waals surface area contributed by atoms with E-state index in [1.807, 2.05) is 0 Å². The molecule has 1 unspecified atom stereocenters. The van der Waals surface area contributed by atoms with Crippen LogP contribution in [0.5, 0.6) is 0 Å². The number of hydrogen-bond donors (Lipinski definition) is 1. The summed E-state index contributed by atoms with van der Waals surface area (Å²) in [5.41, 5.74) is 2.16. The highest BCUT2D eigenvalue weighted by Crippen LogP contribution is 2.24. The van der Waals surface area contributed by atoms with Gasteiger partial charge in [0.2, 0.25) is 11.7 Å². The number of hydrogen-bond acceptors (Lipinski definition) is 4. The second-order valence-corrected chi connectivity index (χ2v) is 4.54. The van der Waals surface area contributed by atoms with E-state index >= 15 is 0 Å². The number of ether oxygens (including phenoxy) is 1. The maximum absolute atomic E-state index is 12.1. The van der Waals surface area contributed by atoms with Gasteiger partial charge in [-0.25, -0.2) is 0 Å². The van der Waals surface area contributed by atoms with E-state index in [-0.39, 0.29) is 11.7 Å². The fourth-order valence-corrected chi connectivity index (χ4v) is 2.07. The van der Waals surface area contributed by atoms with Gasteiger partial charge in [-0.15, -0.1) is 0 Å². The number of carbonyl (C=O) groups is 3. The normalized spacial score (nSPS) is 15.2. The van der Waals surface area contributed by atoms with E-state index < -0.39 is 12.1 Å². The van der Waals surface area contributed by atoms with Crippen molar-refractivity contribution in [3.05, 3.63) is 29.3 Å². The maximum Gasteiger partial charge on any atom is 0.303 e.